The Morgan fingerprint density at radius 3 is 2.39 bits per heavy atom. The number of aromatic nitrogens is 1. The Kier molecular flexibility index (Phi) is 6.91. The molecule has 33 heavy (non-hydrogen) atoms. The van der Waals surface area contributed by atoms with Crippen molar-refractivity contribution in [3.8, 4) is 6.07 Å². The average molecular weight is 501 g/mol. The highest BCUT2D eigenvalue weighted by Gasteiger charge is 2.27. The van der Waals surface area contributed by atoms with Gasteiger partial charge in [0.05, 0.1) is 12.0 Å². The summed E-state index contributed by atoms with van der Waals surface area (Å²) in [4.78, 5) is 4.47. The summed E-state index contributed by atoms with van der Waals surface area (Å²) in [5.41, 5.74) is 3.10. The van der Waals surface area contributed by atoms with E-state index in [-0.39, 0.29) is 4.90 Å². The van der Waals surface area contributed by atoms with Crippen LogP contribution in [-0.2, 0) is 10.0 Å². The maximum Gasteiger partial charge on any atom is 0.244 e. The smallest absolute Gasteiger partial charge is 0.244 e. The molecule has 1 fully saturated rings. The molecular formula is C24H22Cl2N4O2S. The van der Waals surface area contributed by atoms with Gasteiger partial charge >= 0.3 is 0 Å². The molecule has 2 aromatic carbocycles. The maximum atomic E-state index is 12.7. The number of nitrogens with zero attached hydrogens (tertiary/aromatic N) is 3. The van der Waals surface area contributed by atoms with Crippen molar-refractivity contribution < 1.29 is 8.42 Å². The van der Waals surface area contributed by atoms with E-state index in [1.807, 2.05) is 25.1 Å². The summed E-state index contributed by atoms with van der Waals surface area (Å²) >= 11 is 12.5. The molecule has 0 aliphatic carbocycles. The molecule has 0 amide bonds. The van der Waals surface area contributed by atoms with Crippen LogP contribution in [0.15, 0.2) is 59.6 Å². The molecule has 4 rings (SSSR count). The number of rotatable bonds is 6. The number of hydrogen-bond donors (Lipinski definition) is 1. The fourth-order valence-electron chi connectivity index (χ4n) is 3.86. The Morgan fingerprint density at radius 1 is 1.09 bits per heavy atom. The summed E-state index contributed by atoms with van der Waals surface area (Å²) in [6.45, 7) is 3.00. The van der Waals surface area contributed by atoms with Gasteiger partial charge in [0, 0.05) is 35.0 Å². The van der Waals surface area contributed by atoms with E-state index in [0.717, 1.165) is 29.7 Å². The van der Waals surface area contributed by atoms with Crippen LogP contribution in [0.2, 0.25) is 10.0 Å². The number of nitrogens with one attached hydrogen (secondary N) is 1. The number of benzene rings is 2. The van der Waals surface area contributed by atoms with Gasteiger partial charge in [-0.3, -0.25) is 0 Å². The van der Waals surface area contributed by atoms with E-state index in [9.17, 15) is 13.7 Å². The lowest BCUT2D eigenvalue weighted by Crippen LogP contribution is -2.27. The molecule has 1 aliphatic heterocycles. The van der Waals surface area contributed by atoms with Crippen molar-refractivity contribution in [2.45, 2.75) is 30.6 Å². The molecule has 6 nitrogen and oxygen atoms in total. The SMILES string of the molecule is Cc1cc(C(C#N)c2ccc(Cl)cc2)c(Cl)cc1Nc1ccc(S(=O)(=O)N2CCCC2)cn1. The van der Waals surface area contributed by atoms with Gasteiger partial charge < -0.3 is 5.32 Å². The van der Waals surface area contributed by atoms with E-state index >= 15 is 0 Å². The van der Waals surface area contributed by atoms with Gasteiger partial charge in [-0.2, -0.15) is 9.57 Å². The van der Waals surface area contributed by atoms with Crippen LogP contribution in [0.25, 0.3) is 0 Å². The highest BCUT2D eigenvalue weighted by atomic mass is 35.5. The van der Waals surface area contributed by atoms with Crippen LogP contribution in [0.3, 0.4) is 0 Å². The van der Waals surface area contributed by atoms with Gasteiger partial charge in [0.15, 0.2) is 0 Å². The highest BCUT2D eigenvalue weighted by Crippen LogP contribution is 2.35. The van der Waals surface area contributed by atoms with E-state index in [1.165, 1.54) is 10.5 Å². The van der Waals surface area contributed by atoms with Crippen LogP contribution in [0, 0.1) is 18.3 Å². The first-order chi connectivity index (χ1) is 15.8. The van der Waals surface area contributed by atoms with Crippen molar-refractivity contribution in [1.29, 1.82) is 5.26 Å². The number of nitriles is 1. The van der Waals surface area contributed by atoms with Gasteiger partial charge in [0.2, 0.25) is 10.0 Å². The van der Waals surface area contributed by atoms with Gasteiger partial charge in [0.1, 0.15) is 10.7 Å². The first kappa shape index (κ1) is 23.5. The molecule has 1 atom stereocenters. The summed E-state index contributed by atoms with van der Waals surface area (Å²) in [6.07, 6.45) is 3.13. The van der Waals surface area contributed by atoms with Gasteiger partial charge in [-0.1, -0.05) is 41.4 Å². The lowest BCUT2D eigenvalue weighted by molar-refractivity contribution is 0.477. The molecule has 0 radical (unpaired) electrons. The van der Waals surface area contributed by atoms with Crippen molar-refractivity contribution in [3.63, 3.8) is 0 Å². The van der Waals surface area contributed by atoms with E-state index in [1.54, 1.807) is 30.3 Å². The zero-order valence-electron chi connectivity index (χ0n) is 17.9. The molecule has 1 unspecified atom stereocenters. The summed E-state index contributed by atoms with van der Waals surface area (Å²) in [6, 6.07) is 16.3. The Morgan fingerprint density at radius 2 is 1.79 bits per heavy atom. The predicted molar refractivity (Wildman–Crippen MR) is 131 cm³/mol. The molecule has 0 bridgehead atoms. The van der Waals surface area contributed by atoms with E-state index in [0.29, 0.717) is 34.5 Å². The topological polar surface area (TPSA) is 86.1 Å². The van der Waals surface area contributed by atoms with Crippen molar-refractivity contribution in [1.82, 2.24) is 9.29 Å². The molecule has 1 aliphatic rings. The molecule has 0 spiro atoms. The zero-order chi connectivity index (χ0) is 23.6. The third kappa shape index (κ3) is 4.99. The van der Waals surface area contributed by atoms with Gasteiger partial charge in [-0.15, -0.1) is 0 Å². The normalized spacial score (nSPS) is 15.2. The van der Waals surface area contributed by atoms with Crippen LogP contribution in [0.4, 0.5) is 11.5 Å². The van der Waals surface area contributed by atoms with Crippen LogP contribution in [0.1, 0.15) is 35.4 Å². The van der Waals surface area contributed by atoms with Crippen LogP contribution in [-0.4, -0.2) is 30.8 Å². The summed E-state index contributed by atoms with van der Waals surface area (Å²) in [5, 5.41) is 14.0. The van der Waals surface area contributed by atoms with Gasteiger partial charge in [0.25, 0.3) is 0 Å². The van der Waals surface area contributed by atoms with E-state index in [2.05, 4.69) is 16.4 Å². The molecule has 0 saturated carbocycles. The van der Waals surface area contributed by atoms with Gasteiger partial charge in [-0.25, -0.2) is 13.4 Å². The number of halogens is 2. The monoisotopic (exact) mass is 500 g/mol. The second kappa shape index (κ2) is 9.70. The maximum absolute atomic E-state index is 12.7. The summed E-state index contributed by atoms with van der Waals surface area (Å²) in [7, 11) is -3.51. The van der Waals surface area contributed by atoms with E-state index < -0.39 is 15.9 Å². The first-order valence-electron chi connectivity index (χ1n) is 10.5. The minimum absolute atomic E-state index is 0.180. The lowest BCUT2D eigenvalue weighted by Gasteiger charge is -2.17. The largest absolute Gasteiger partial charge is 0.340 e. The highest BCUT2D eigenvalue weighted by molar-refractivity contribution is 7.89. The molecule has 9 heteroatoms. The summed E-state index contributed by atoms with van der Waals surface area (Å²) < 4.78 is 26.9. The standard InChI is InChI=1S/C24H22Cl2N4O2S/c1-16-12-20(21(14-27)17-4-6-18(25)7-5-17)22(26)13-23(16)29-24-9-8-19(15-28-24)33(31,32)30-10-2-3-11-30/h4-9,12-13,15,21H,2-3,10-11H2,1H3,(H,28,29). The second-order valence-corrected chi connectivity index (χ2v) is 10.7. The summed E-state index contributed by atoms with van der Waals surface area (Å²) in [5.74, 6) is -0.0347. The van der Waals surface area contributed by atoms with Crippen molar-refractivity contribution >= 4 is 44.7 Å². The number of pyridine rings is 1. The van der Waals surface area contributed by atoms with Crippen molar-refractivity contribution in [2.24, 2.45) is 0 Å². The quantitative estimate of drug-likeness (QED) is 0.456. The van der Waals surface area contributed by atoms with Crippen LogP contribution in [0.5, 0.6) is 0 Å². The second-order valence-electron chi connectivity index (χ2n) is 7.92. The number of hydrogen-bond acceptors (Lipinski definition) is 5. The predicted octanol–water partition coefficient (Wildman–Crippen LogP) is 5.88. The molecule has 1 saturated heterocycles. The number of aryl methyl sites for hydroxylation is 1. The van der Waals surface area contributed by atoms with Crippen molar-refractivity contribution in [3.05, 3.63) is 81.5 Å². The third-order valence-corrected chi connectivity index (χ3v) is 8.15. The fraction of sp³-hybridized carbons (Fsp3) is 0.250. The molecular weight excluding hydrogens is 479 g/mol. The molecule has 170 valence electrons. The lowest BCUT2D eigenvalue weighted by atomic mass is 9.91. The van der Waals surface area contributed by atoms with Crippen molar-refractivity contribution in [2.75, 3.05) is 18.4 Å². The minimum Gasteiger partial charge on any atom is -0.340 e. The Labute approximate surface area is 203 Å². The average Bonchev–Trinajstić information content (AvgIpc) is 3.35. The van der Waals surface area contributed by atoms with Gasteiger partial charge in [-0.05, 0) is 66.8 Å². The Bertz CT molecular complexity index is 1300. The molecule has 3 aromatic rings. The number of sulfonamides is 1. The zero-order valence-corrected chi connectivity index (χ0v) is 20.3. The molecule has 1 N–H and O–H groups in total. The first-order valence-corrected chi connectivity index (χ1v) is 12.7. The van der Waals surface area contributed by atoms with Crippen LogP contribution >= 0.6 is 23.2 Å². The minimum atomic E-state index is -3.51. The molecule has 2 heterocycles. The number of anilines is 2. The van der Waals surface area contributed by atoms with E-state index in [4.69, 9.17) is 23.2 Å². The Balaban J connectivity index is 1.56. The third-order valence-electron chi connectivity index (χ3n) is 5.69. The van der Waals surface area contributed by atoms with Crippen LogP contribution < -0.4 is 5.32 Å². The fourth-order valence-corrected chi connectivity index (χ4v) is 5.72. The Hall–Kier alpha value is -2.63. The molecule has 1 aromatic heterocycles.